The summed E-state index contributed by atoms with van der Waals surface area (Å²) >= 11 is 0. The van der Waals surface area contributed by atoms with Gasteiger partial charge in [0.15, 0.2) is 11.8 Å². The smallest absolute Gasteiger partial charge is 0.450 e. The van der Waals surface area contributed by atoms with Gasteiger partial charge in [-0.15, -0.1) is 0 Å². The maximum atomic E-state index is 10.7. The van der Waals surface area contributed by atoms with Crippen molar-refractivity contribution in [3.8, 4) is 0 Å². The molecule has 0 saturated carbocycles. The van der Waals surface area contributed by atoms with Gasteiger partial charge in [0.2, 0.25) is 6.79 Å². The SMILES string of the molecule is CC(=O)C(N)C(=O)OCOC(=O)O. The monoisotopic (exact) mass is 191 g/mol. The Hall–Kier alpha value is -1.63. The Balaban J connectivity index is 3.75. The number of ketones is 1. The van der Waals surface area contributed by atoms with Crippen molar-refractivity contribution in [3.63, 3.8) is 0 Å². The fraction of sp³-hybridized carbons (Fsp3) is 0.500. The lowest BCUT2D eigenvalue weighted by Gasteiger charge is -2.06. The van der Waals surface area contributed by atoms with E-state index in [-0.39, 0.29) is 0 Å². The van der Waals surface area contributed by atoms with Gasteiger partial charge < -0.3 is 20.3 Å². The molecule has 0 aromatic heterocycles. The quantitative estimate of drug-likeness (QED) is 0.336. The highest BCUT2D eigenvalue weighted by atomic mass is 16.7. The number of ether oxygens (including phenoxy) is 2. The van der Waals surface area contributed by atoms with E-state index in [0.29, 0.717) is 0 Å². The van der Waals surface area contributed by atoms with Crippen LogP contribution in [0, 0.1) is 0 Å². The van der Waals surface area contributed by atoms with Crippen molar-refractivity contribution in [2.45, 2.75) is 13.0 Å². The van der Waals surface area contributed by atoms with Crippen LogP contribution in [-0.4, -0.2) is 35.8 Å². The summed E-state index contributed by atoms with van der Waals surface area (Å²) in [6, 6.07) is -1.39. The van der Waals surface area contributed by atoms with Gasteiger partial charge in [-0.25, -0.2) is 9.59 Å². The Kier molecular flexibility index (Phi) is 4.45. The number of hydrogen-bond acceptors (Lipinski definition) is 6. The molecule has 0 radical (unpaired) electrons. The van der Waals surface area contributed by atoms with Crippen molar-refractivity contribution >= 4 is 17.9 Å². The van der Waals surface area contributed by atoms with Crippen LogP contribution in [0.5, 0.6) is 0 Å². The van der Waals surface area contributed by atoms with E-state index in [0.717, 1.165) is 6.92 Å². The van der Waals surface area contributed by atoms with Crippen molar-refractivity contribution in [2.75, 3.05) is 6.79 Å². The summed E-state index contributed by atoms with van der Waals surface area (Å²) in [6.45, 7) is 0.346. The highest BCUT2D eigenvalue weighted by molar-refractivity contribution is 6.01. The summed E-state index contributed by atoms with van der Waals surface area (Å²) in [5.74, 6) is -1.59. The maximum Gasteiger partial charge on any atom is 0.508 e. The second kappa shape index (κ2) is 5.09. The first-order valence-corrected chi connectivity index (χ1v) is 3.23. The third kappa shape index (κ3) is 4.75. The Morgan fingerprint density at radius 3 is 2.31 bits per heavy atom. The predicted octanol–water partition coefficient (Wildman–Crippen LogP) is -0.902. The molecule has 0 aliphatic heterocycles. The number of nitrogens with two attached hydrogens (primary N) is 1. The number of carboxylic acid groups (broad SMARTS) is 1. The molecule has 0 fully saturated rings. The molecule has 1 unspecified atom stereocenters. The summed E-state index contributed by atoms with van der Waals surface area (Å²) in [5.41, 5.74) is 5.05. The van der Waals surface area contributed by atoms with E-state index in [1.165, 1.54) is 0 Å². The molecule has 7 nitrogen and oxygen atoms in total. The zero-order valence-corrected chi connectivity index (χ0v) is 6.85. The first kappa shape index (κ1) is 11.4. The van der Waals surface area contributed by atoms with Crippen LogP contribution in [0.25, 0.3) is 0 Å². The summed E-state index contributed by atoms with van der Waals surface area (Å²) < 4.78 is 8.04. The molecular weight excluding hydrogens is 182 g/mol. The lowest BCUT2D eigenvalue weighted by molar-refractivity contribution is -0.155. The first-order chi connectivity index (χ1) is 5.95. The van der Waals surface area contributed by atoms with E-state index in [2.05, 4.69) is 9.47 Å². The summed E-state index contributed by atoms with van der Waals surface area (Å²) in [5, 5.41) is 7.96. The Bertz CT molecular complexity index is 225. The molecule has 7 heteroatoms. The molecule has 0 spiro atoms. The number of rotatable bonds is 4. The predicted molar refractivity (Wildman–Crippen MR) is 38.7 cm³/mol. The maximum absolute atomic E-state index is 10.7. The Morgan fingerprint density at radius 1 is 1.38 bits per heavy atom. The third-order valence-electron chi connectivity index (χ3n) is 1.08. The van der Waals surface area contributed by atoms with Crippen LogP contribution < -0.4 is 5.73 Å². The molecule has 0 saturated heterocycles. The van der Waals surface area contributed by atoms with Crippen LogP contribution in [-0.2, 0) is 19.1 Å². The van der Waals surface area contributed by atoms with Gasteiger partial charge in [-0.05, 0) is 6.92 Å². The molecule has 0 aliphatic carbocycles. The number of Topliss-reactive ketones (excluding diaryl/α,β-unsaturated/α-hetero) is 1. The molecule has 74 valence electrons. The van der Waals surface area contributed by atoms with Crippen molar-refractivity contribution in [1.82, 2.24) is 0 Å². The van der Waals surface area contributed by atoms with Crippen LogP contribution in [0.2, 0.25) is 0 Å². The van der Waals surface area contributed by atoms with E-state index in [4.69, 9.17) is 10.8 Å². The van der Waals surface area contributed by atoms with E-state index in [1.807, 2.05) is 0 Å². The second-order valence-electron chi connectivity index (χ2n) is 2.08. The topological polar surface area (TPSA) is 116 Å². The minimum atomic E-state index is -1.58. The molecular formula is C6H9NO6. The highest BCUT2D eigenvalue weighted by Crippen LogP contribution is 1.88. The van der Waals surface area contributed by atoms with Gasteiger partial charge in [-0.1, -0.05) is 0 Å². The molecule has 0 rings (SSSR count). The fourth-order valence-corrected chi connectivity index (χ4v) is 0.394. The number of hydrogen-bond donors (Lipinski definition) is 2. The minimum Gasteiger partial charge on any atom is -0.450 e. The number of carbonyl (C=O) groups is 3. The molecule has 0 bridgehead atoms. The van der Waals surface area contributed by atoms with Crippen molar-refractivity contribution in [2.24, 2.45) is 5.73 Å². The van der Waals surface area contributed by atoms with Gasteiger partial charge in [0.25, 0.3) is 0 Å². The average Bonchev–Trinajstić information content (AvgIpc) is 2.02. The van der Waals surface area contributed by atoms with Gasteiger partial charge in [-0.2, -0.15) is 0 Å². The van der Waals surface area contributed by atoms with Crippen molar-refractivity contribution in [3.05, 3.63) is 0 Å². The van der Waals surface area contributed by atoms with Crippen LogP contribution in [0.3, 0.4) is 0 Å². The van der Waals surface area contributed by atoms with Crippen LogP contribution >= 0.6 is 0 Å². The van der Waals surface area contributed by atoms with Crippen LogP contribution in [0.4, 0.5) is 4.79 Å². The Morgan fingerprint density at radius 2 is 1.92 bits per heavy atom. The average molecular weight is 191 g/mol. The lowest BCUT2D eigenvalue weighted by atomic mass is 10.2. The van der Waals surface area contributed by atoms with Crippen molar-refractivity contribution < 1.29 is 29.0 Å². The highest BCUT2D eigenvalue weighted by Gasteiger charge is 2.19. The van der Waals surface area contributed by atoms with Crippen LogP contribution in [0.15, 0.2) is 0 Å². The summed E-state index contributed by atoms with van der Waals surface area (Å²) in [4.78, 5) is 31.0. The fourth-order valence-electron chi connectivity index (χ4n) is 0.394. The number of esters is 1. The first-order valence-electron chi connectivity index (χ1n) is 3.23. The summed E-state index contributed by atoms with van der Waals surface area (Å²) in [7, 11) is 0. The van der Waals surface area contributed by atoms with E-state index >= 15 is 0 Å². The van der Waals surface area contributed by atoms with Crippen LogP contribution in [0.1, 0.15) is 6.92 Å². The molecule has 0 aliphatic rings. The molecule has 0 heterocycles. The van der Waals surface area contributed by atoms with E-state index in [1.54, 1.807) is 0 Å². The van der Waals surface area contributed by atoms with E-state index < -0.39 is 30.7 Å². The Labute approximate surface area is 73.4 Å². The van der Waals surface area contributed by atoms with E-state index in [9.17, 15) is 14.4 Å². The van der Waals surface area contributed by atoms with Gasteiger partial charge in [0, 0.05) is 0 Å². The second-order valence-corrected chi connectivity index (χ2v) is 2.08. The van der Waals surface area contributed by atoms with Crippen molar-refractivity contribution in [1.29, 1.82) is 0 Å². The van der Waals surface area contributed by atoms with Gasteiger partial charge >= 0.3 is 12.1 Å². The minimum absolute atomic E-state index is 0.569. The largest absolute Gasteiger partial charge is 0.508 e. The summed E-state index contributed by atoms with van der Waals surface area (Å²) in [6.07, 6.45) is -1.58. The molecule has 1 atom stereocenters. The normalized spacial score (nSPS) is 11.5. The standard InChI is InChI=1S/C6H9NO6/c1-3(8)4(7)5(9)12-2-13-6(10)11/h4H,2,7H2,1H3,(H,10,11). The van der Waals surface area contributed by atoms with Gasteiger partial charge in [-0.3, -0.25) is 4.79 Å². The molecule has 0 aromatic rings. The molecule has 0 aromatic carbocycles. The number of carbonyl (C=O) groups excluding carboxylic acids is 2. The molecule has 3 N–H and O–H groups in total. The lowest BCUT2D eigenvalue weighted by Crippen LogP contribution is -2.38. The zero-order valence-electron chi connectivity index (χ0n) is 6.85. The van der Waals surface area contributed by atoms with Gasteiger partial charge in [0.1, 0.15) is 0 Å². The molecule has 13 heavy (non-hydrogen) atoms. The zero-order chi connectivity index (χ0) is 10.4. The molecule has 0 amide bonds. The van der Waals surface area contributed by atoms with Gasteiger partial charge in [0.05, 0.1) is 0 Å². The third-order valence-corrected chi connectivity index (χ3v) is 1.08.